The fourth-order valence-corrected chi connectivity index (χ4v) is 2.24. The van der Waals surface area contributed by atoms with Crippen LogP contribution in [-0.4, -0.2) is 20.2 Å². The monoisotopic (exact) mass is 188 g/mol. The largest absolute Gasteiger partial charge is 0.408 e. The standard InChI is InChI=1S/C9H20O2Si/c1-6-7-9(10)8(2)11-12(3,4)5/h8H,6-7H2,1-5H3. The van der Waals surface area contributed by atoms with E-state index < -0.39 is 8.32 Å². The zero-order valence-corrected chi connectivity index (χ0v) is 9.81. The lowest BCUT2D eigenvalue weighted by Crippen LogP contribution is -2.34. The van der Waals surface area contributed by atoms with Crippen LogP contribution in [0.25, 0.3) is 0 Å². The van der Waals surface area contributed by atoms with Gasteiger partial charge in [-0.15, -0.1) is 0 Å². The number of hydrogen-bond acceptors (Lipinski definition) is 2. The van der Waals surface area contributed by atoms with E-state index in [2.05, 4.69) is 19.6 Å². The molecule has 0 aliphatic heterocycles. The van der Waals surface area contributed by atoms with Crippen LogP contribution in [0.3, 0.4) is 0 Å². The quantitative estimate of drug-likeness (QED) is 0.620. The Labute approximate surface area is 76.4 Å². The summed E-state index contributed by atoms with van der Waals surface area (Å²) in [5, 5.41) is 0. The molecule has 1 unspecified atom stereocenters. The average molecular weight is 188 g/mol. The molecule has 0 radical (unpaired) electrons. The van der Waals surface area contributed by atoms with Crippen molar-refractivity contribution >= 4 is 14.1 Å². The molecule has 2 nitrogen and oxygen atoms in total. The highest BCUT2D eigenvalue weighted by atomic mass is 28.4. The maximum Gasteiger partial charge on any atom is 0.184 e. The Kier molecular flexibility index (Phi) is 4.71. The molecule has 0 bridgehead atoms. The summed E-state index contributed by atoms with van der Waals surface area (Å²) in [6.45, 7) is 10.2. The molecule has 3 heteroatoms. The Morgan fingerprint density at radius 1 is 1.42 bits per heavy atom. The fourth-order valence-electron chi connectivity index (χ4n) is 1.05. The first-order valence-electron chi connectivity index (χ1n) is 4.57. The molecule has 0 spiro atoms. The Morgan fingerprint density at radius 2 is 1.92 bits per heavy atom. The molecule has 0 saturated carbocycles. The summed E-state index contributed by atoms with van der Waals surface area (Å²) < 4.78 is 5.64. The van der Waals surface area contributed by atoms with Gasteiger partial charge in [0.25, 0.3) is 0 Å². The third-order valence-electron chi connectivity index (χ3n) is 1.48. The van der Waals surface area contributed by atoms with E-state index in [4.69, 9.17) is 4.43 Å². The minimum atomic E-state index is -1.53. The topological polar surface area (TPSA) is 26.3 Å². The maximum atomic E-state index is 11.3. The average Bonchev–Trinajstić information content (AvgIpc) is 1.84. The number of ketones is 1. The van der Waals surface area contributed by atoms with Crippen molar-refractivity contribution in [3.63, 3.8) is 0 Å². The summed E-state index contributed by atoms with van der Waals surface area (Å²) in [6.07, 6.45) is 1.36. The first-order chi connectivity index (χ1) is 5.37. The molecular formula is C9H20O2Si. The Balaban J connectivity index is 3.87. The van der Waals surface area contributed by atoms with Gasteiger partial charge in [0.15, 0.2) is 14.1 Å². The highest BCUT2D eigenvalue weighted by Crippen LogP contribution is 2.09. The van der Waals surface area contributed by atoms with Gasteiger partial charge >= 0.3 is 0 Å². The minimum absolute atomic E-state index is 0.198. The summed E-state index contributed by atoms with van der Waals surface area (Å²) in [5.41, 5.74) is 0. The van der Waals surface area contributed by atoms with Crippen LogP contribution in [0.1, 0.15) is 26.7 Å². The van der Waals surface area contributed by atoms with Crippen molar-refractivity contribution in [3.05, 3.63) is 0 Å². The second-order valence-electron chi connectivity index (χ2n) is 4.09. The number of carbonyl (C=O) groups excluding carboxylic acids is 1. The third kappa shape index (κ3) is 5.49. The van der Waals surface area contributed by atoms with Gasteiger partial charge < -0.3 is 4.43 Å². The first kappa shape index (κ1) is 11.8. The van der Waals surface area contributed by atoms with Gasteiger partial charge in [0.2, 0.25) is 0 Å². The highest BCUT2D eigenvalue weighted by Gasteiger charge is 2.21. The van der Waals surface area contributed by atoms with Crippen LogP contribution in [0.5, 0.6) is 0 Å². The van der Waals surface area contributed by atoms with Gasteiger partial charge in [-0.1, -0.05) is 6.92 Å². The SMILES string of the molecule is CCCC(=O)C(C)O[Si](C)(C)C. The lowest BCUT2D eigenvalue weighted by Gasteiger charge is -2.22. The van der Waals surface area contributed by atoms with Crippen LogP contribution in [0.15, 0.2) is 0 Å². The smallest absolute Gasteiger partial charge is 0.184 e. The van der Waals surface area contributed by atoms with Crippen molar-refractivity contribution in [2.24, 2.45) is 0 Å². The van der Waals surface area contributed by atoms with Gasteiger partial charge in [-0.25, -0.2) is 0 Å². The van der Waals surface area contributed by atoms with E-state index >= 15 is 0 Å². The van der Waals surface area contributed by atoms with E-state index in [-0.39, 0.29) is 11.9 Å². The van der Waals surface area contributed by atoms with Crippen LogP contribution in [0, 0.1) is 0 Å². The third-order valence-corrected chi connectivity index (χ3v) is 2.54. The summed E-state index contributed by atoms with van der Waals surface area (Å²) in [4.78, 5) is 11.3. The zero-order valence-electron chi connectivity index (χ0n) is 8.81. The van der Waals surface area contributed by atoms with Gasteiger partial charge in [0.05, 0.1) is 0 Å². The van der Waals surface area contributed by atoms with E-state index in [9.17, 15) is 4.79 Å². The number of rotatable bonds is 5. The molecule has 0 aromatic carbocycles. The molecule has 0 saturated heterocycles. The molecule has 72 valence electrons. The van der Waals surface area contributed by atoms with Crippen molar-refractivity contribution in [2.45, 2.75) is 52.4 Å². The van der Waals surface area contributed by atoms with Crippen molar-refractivity contribution in [2.75, 3.05) is 0 Å². The second kappa shape index (κ2) is 4.77. The predicted molar refractivity (Wildman–Crippen MR) is 53.8 cm³/mol. The molecule has 0 aliphatic carbocycles. The number of Topliss-reactive ketones (excluding diaryl/α,β-unsaturated/α-hetero) is 1. The lowest BCUT2D eigenvalue weighted by atomic mass is 10.2. The van der Waals surface area contributed by atoms with Crippen LogP contribution in [-0.2, 0) is 9.22 Å². The summed E-state index contributed by atoms with van der Waals surface area (Å²) in [7, 11) is -1.53. The van der Waals surface area contributed by atoms with Crippen molar-refractivity contribution in [1.82, 2.24) is 0 Å². The maximum absolute atomic E-state index is 11.3. The van der Waals surface area contributed by atoms with Gasteiger partial charge in [-0.2, -0.15) is 0 Å². The van der Waals surface area contributed by atoms with E-state index in [0.717, 1.165) is 6.42 Å². The van der Waals surface area contributed by atoms with Gasteiger partial charge in [-0.05, 0) is 33.0 Å². The van der Waals surface area contributed by atoms with Crippen molar-refractivity contribution in [1.29, 1.82) is 0 Å². The summed E-state index contributed by atoms with van der Waals surface area (Å²) in [6, 6.07) is 0. The van der Waals surface area contributed by atoms with Crippen molar-refractivity contribution in [3.8, 4) is 0 Å². The van der Waals surface area contributed by atoms with E-state index in [1.807, 2.05) is 13.8 Å². The van der Waals surface area contributed by atoms with Gasteiger partial charge in [-0.3, -0.25) is 4.79 Å². The summed E-state index contributed by atoms with van der Waals surface area (Å²) in [5.74, 6) is 0.236. The number of hydrogen-bond donors (Lipinski definition) is 0. The molecule has 0 heterocycles. The van der Waals surface area contributed by atoms with E-state index in [1.165, 1.54) is 0 Å². The summed E-state index contributed by atoms with van der Waals surface area (Å²) >= 11 is 0. The molecule has 0 aromatic rings. The molecule has 0 N–H and O–H groups in total. The lowest BCUT2D eigenvalue weighted by molar-refractivity contribution is -0.125. The number of carbonyl (C=O) groups is 1. The van der Waals surface area contributed by atoms with Gasteiger partial charge in [0, 0.05) is 6.42 Å². The van der Waals surface area contributed by atoms with Crippen LogP contribution in [0.2, 0.25) is 19.6 Å². The molecular weight excluding hydrogens is 168 g/mol. The molecule has 0 aromatic heterocycles. The molecule has 0 amide bonds. The Morgan fingerprint density at radius 3 is 2.25 bits per heavy atom. The first-order valence-corrected chi connectivity index (χ1v) is 7.98. The van der Waals surface area contributed by atoms with E-state index in [0.29, 0.717) is 6.42 Å². The minimum Gasteiger partial charge on any atom is -0.408 e. The molecule has 0 fully saturated rings. The highest BCUT2D eigenvalue weighted by molar-refractivity contribution is 6.69. The normalized spacial score (nSPS) is 14.4. The zero-order chi connectivity index (χ0) is 9.78. The van der Waals surface area contributed by atoms with Crippen LogP contribution >= 0.6 is 0 Å². The molecule has 1 atom stereocenters. The van der Waals surface area contributed by atoms with Crippen LogP contribution < -0.4 is 0 Å². The van der Waals surface area contributed by atoms with E-state index in [1.54, 1.807) is 0 Å². The molecule has 0 rings (SSSR count). The molecule has 12 heavy (non-hydrogen) atoms. The Hall–Kier alpha value is -0.153. The van der Waals surface area contributed by atoms with Crippen LogP contribution in [0.4, 0.5) is 0 Å². The Bertz CT molecular complexity index is 149. The predicted octanol–water partition coefficient (Wildman–Crippen LogP) is 2.60. The van der Waals surface area contributed by atoms with Crippen molar-refractivity contribution < 1.29 is 9.22 Å². The second-order valence-corrected chi connectivity index (χ2v) is 8.55. The molecule has 0 aliphatic rings. The fraction of sp³-hybridized carbons (Fsp3) is 0.889. The van der Waals surface area contributed by atoms with Gasteiger partial charge in [0.1, 0.15) is 6.10 Å².